The lowest BCUT2D eigenvalue weighted by molar-refractivity contribution is 0.0946. The maximum Gasteiger partial charge on any atom is 0.271 e. The number of para-hydroxylation sites is 1. The molecule has 0 spiro atoms. The van der Waals surface area contributed by atoms with E-state index in [9.17, 15) is 21.6 Å². The van der Waals surface area contributed by atoms with Crippen molar-refractivity contribution in [2.75, 3.05) is 17.9 Å². The fraction of sp³-hybridized carbons (Fsp3) is 0.105. The number of fused-ring (bicyclic) bond motifs is 1. The zero-order valence-corrected chi connectivity index (χ0v) is 18.7. The highest BCUT2D eigenvalue weighted by atomic mass is 32.2. The largest absolute Gasteiger partial charge is 0.486 e. The first kappa shape index (κ1) is 22.1. The Labute approximate surface area is 188 Å². The number of carbonyl (C=O) groups excluding carboxylic acids is 1. The van der Waals surface area contributed by atoms with Crippen molar-refractivity contribution in [3.05, 3.63) is 65.5 Å². The molecule has 168 valence electrons. The molecule has 0 radical (unpaired) electrons. The summed E-state index contributed by atoms with van der Waals surface area (Å²) in [6, 6.07) is 12.9. The van der Waals surface area contributed by atoms with Gasteiger partial charge in [-0.25, -0.2) is 16.8 Å². The molecule has 1 aliphatic rings. The molecule has 0 atom stereocenters. The van der Waals surface area contributed by atoms with Gasteiger partial charge in [-0.2, -0.15) is 0 Å². The Hall–Kier alpha value is -3.13. The van der Waals surface area contributed by atoms with Gasteiger partial charge in [0.2, 0.25) is 0 Å². The van der Waals surface area contributed by atoms with Gasteiger partial charge in [-0.15, -0.1) is 16.2 Å². The van der Waals surface area contributed by atoms with Gasteiger partial charge in [0.05, 0.1) is 16.1 Å². The van der Waals surface area contributed by atoms with Crippen molar-refractivity contribution in [1.82, 2.24) is 10.3 Å². The number of rotatable bonds is 7. The van der Waals surface area contributed by atoms with Crippen molar-refractivity contribution < 1.29 is 31.1 Å². The number of amides is 1. The van der Waals surface area contributed by atoms with Gasteiger partial charge in [0, 0.05) is 6.07 Å². The number of sulfonamides is 2. The van der Waals surface area contributed by atoms with Crippen LogP contribution in [-0.2, 0) is 20.0 Å². The van der Waals surface area contributed by atoms with Crippen LogP contribution in [0.2, 0.25) is 0 Å². The van der Waals surface area contributed by atoms with E-state index in [0.717, 1.165) is 11.3 Å². The summed E-state index contributed by atoms with van der Waals surface area (Å²) in [5.74, 6) is -0.152. The number of benzene rings is 2. The molecule has 32 heavy (non-hydrogen) atoms. The third kappa shape index (κ3) is 4.70. The van der Waals surface area contributed by atoms with Gasteiger partial charge in [-0.1, -0.05) is 18.2 Å². The Bertz CT molecular complexity index is 1350. The average Bonchev–Trinajstić information content (AvgIpc) is 3.33. The molecule has 0 aliphatic carbocycles. The highest BCUT2D eigenvalue weighted by molar-refractivity contribution is 7.94. The van der Waals surface area contributed by atoms with E-state index < -0.39 is 26.0 Å². The quantitative estimate of drug-likeness (QED) is 0.426. The Balaban J connectivity index is 1.50. The SMILES string of the molecule is O=C(NNS(=O)(=O)c1ccc2c(c1)OCCO2)c1ccccc1NS(=O)(=O)c1cccs1. The first-order valence-electron chi connectivity index (χ1n) is 9.13. The molecule has 1 amide bonds. The molecule has 0 bridgehead atoms. The zero-order chi connectivity index (χ0) is 22.8. The number of hydrogen-bond acceptors (Lipinski definition) is 8. The van der Waals surface area contributed by atoms with Gasteiger partial charge < -0.3 is 9.47 Å². The Morgan fingerprint density at radius 3 is 2.38 bits per heavy atom. The summed E-state index contributed by atoms with van der Waals surface area (Å²) in [6.07, 6.45) is 0. The van der Waals surface area contributed by atoms with E-state index >= 15 is 0 Å². The molecule has 1 aromatic heterocycles. The van der Waals surface area contributed by atoms with Crippen molar-refractivity contribution in [2.45, 2.75) is 9.10 Å². The summed E-state index contributed by atoms with van der Waals surface area (Å²) in [5.41, 5.74) is 2.02. The van der Waals surface area contributed by atoms with E-state index in [-0.39, 0.29) is 26.1 Å². The van der Waals surface area contributed by atoms with Crippen molar-refractivity contribution in [3.8, 4) is 11.5 Å². The fourth-order valence-corrected chi connectivity index (χ4v) is 5.74. The summed E-state index contributed by atoms with van der Waals surface area (Å²) >= 11 is 1.02. The normalized spacial score (nSPS) is 13.4. The molecule has 3 N–H and O–H groups in total. The highest BCUT2D eigenvalue weighted by Crippen LogP contribution is 2.32. The minimum absolute atomic E-state index is 0.00284. The highest BCUT2D eigenvalue weighted by Gasteiger charge is 2.22. The fourth-order valence-electron chi connectivity index (χ4n) is 2.81. The van der Waals surface area contributed by atoms with Crippen LogP contribution in [0.1, 0.15) is 10.4 Å². The van der Waals surface area contributed by atoms with Gasteiger partial charge >= 0.3 is 0 Å². The van der Waals surface area contributed by atoms with E-state index in [0.29, 0.717) is 19.0 Å². The van der Waals surface area contributed by atoms with Gasteiger partial charge in [0.15, 0.2) is 11.5 Å². The molecule has 0 unspecified atom stereocenters. The van der Waals surface area contributed by atoms with E-state index in [1.165, 1.54) is 42.5 Å². The average molecular weight is 496 g/mol. The maximum atomic E-state index is 12.6. The first-order chi connectivity index (χ1) is 15.3. The zero-order valence-electron chi connectivity index (χ0n) is 16.3. The van der Waals surface area contributed by atoms with E-state index in [2.05, 4.69) is 10.1 Å². The van der Waals surface area contributed by atoms with Crippen molar-refractivity contribution in [3.63, 3.8) is 0 Å². The number of ether oxygens (including phenoxy) is 2. The van der Waals surface area contributed by atoms with Crippen molar-refractivity contribution in [1.29, 1.82) is 0 Å². The van der Waals surface area contributed by atoms with Crippen molar-refractivity contribution >= 4 is 43.0 Å². The Kier molecular flexibility index (Phi) is 6.06. The number of hydrazine groups is 1. The second-order valence-corrected chi connectivity index (χ2v) is 11.0. The predicted octanol–water partition coefficient (Wildman–Crippen LogP) is 1.94. The van der Waals surface area contributed by atoms with Crippen LogP contribution in [0, 0.1) is 0 Å². The van der Waals surface area contributed by atoms with E-state index in [1.54, 1.807) is 17.5 Å². The van der Waals surface area contributed by atoms with Crippen LogP contribution in [0.4, 0.5) is 5.69 Å². The van der Waals surface area contributed by atoms with E-state index in [1.807, 2.05) is 4.83 Å². The number of anilines is 1. The minimum atomic E-state index is -4.13. The van der Waals surface area contributed by atoms with Crippen LogP contribution in [0.5, 0.6) is 11.5 Å². The lowest BCUT2D eigenvalue weighted by Crippen LogP contribution is -2.41. The standard InChI is InChI=1S/C19H17N3O7S3/c23-19(14-4-1-2-5-15(14)21-32(26,27)18-6-3-11-30-18)20-22-31(24,25)13-7-8-16-17(12-13)29-10-9-28-16/h1-8,11-12,21-22H,9-10H2,(H,20,23). The summed E-state index contributed by atoms with van der Waals surface area (Å²) in [6.45, 7) is 0.655. The lowest BCUT2D eigenvalue weighted by atomic mass is 10.2. The monoisotopic (exact) mass is 495 g/mol. The summed E-state index contributed by atoms with van der Waals surface area (Å²) in [7, 11) is -8.03. The van der Waals surface area contributed by atoms with Crippen molar-refractivity contribution in [2.24, 2.45) is 0 Å². The van der Waals surface area contributed by atoms with Crippen LogP contribution in [0.15, 0.2) is 69.1 Å². The second-order valence-electron chi connectivity index (χ2n) is 6.45. The molecule has 10 nitrogen and oxygen atoms in total. The van der Waals surface area contributed by atoms with Crippen LogP contribution in [0.25, 0.3) is 0 Å². The minimum Gasteiger partial charge on any atom is -0.486 e. The predicted molar refractivity (Wildman–Crippen MR) is 117 cm³/mol. The number of nitrogens with one attached hydrogen (secondary N) is 3. The molecule has 0 saturated carbocycles. The Morgan fingerprint density at radius 1 is 0.875 bits per heavy atom. The van der Waals surface area contributed by atoms with Gasteiger partial charge in [-0.05, 0) is 35.7 Å². The number of thiophene rings is 1. The molecule has 0 saturated heterocycles. The summed E-state index contributed by atoms with van der Waals surface area (Å²) in [5, 5.41) is 1.61. The molecule has 0 fully saturated rings. The van der Waals surface area contributed by atoms with Crippen LogP contribution < -0.4 is 24.5 Å². The third-order valence-electron chi connectivity index (χ3n) is 4.30. The van der Waals surface area contributed by atoms with E-state index in [4.69, 9.17) is 9.47 Å². The third-order valence-corrected chi connectivity index (χ3v) is 8.31. The van der Waals surface area contributed by atoms with Gasteiger partial charge in [-0.3, -0.25) is 14.9 Å². The number of carbonyl (C=O) groups is 1. The smallest absolute Gasteiger partial charge is 0.271 e. The van der Waals surface area contributed by atoms with Crippen LogP contribution >= 0.6 is 11.3 Å². The van der Waals surface area contributed by atoms with Crippen LogP contribution in [-0.4, -0.2) is 36.0 Å². The maximum absolute atomic E-state index is 12.6. The second kappa shape index (κ2) is 8.78. The molecular weight excluding hydrogens is 478 g/mol. The summed E-state index contributed by atoms with van der Waals surface area (Å²) < 4.78 is 63.3. The molecule has 2 heterocycles. The van der Waals surface area contributed by atoms with Gasteiger partial charge in [0.1, 0.15) is 17.4 Å². The molecular formula is C19H17N3O7S3. The molecule has 1 aliphatic heterocycles. The molecule has 13 heteroatoms. The number of hydrogen-bond donors (Lipinski definition) is 3. The van der Waals surface area contributed by atoms with Crippen LogP contribution in [0.3, 0.4) is 0 Å². The first-order valence-corrected chi connectivity index (χ1v) is 13.0. The molecule has 4 rings (SSSR count). The lowest BCUT2D eigenvalue weighted by Gasteiger charge is -2.19. The van der Waals surface area contributed by atoms with Gasteiger partial charge in [0.25, 0.3) is 26.0 Å². The topological polar surface area (TPSA) is 140 Å². The molecule has 3 aromatic rings. The summed E-state index contributed by atoms with van der Waals surface area (Å²) in [4.78, 5) is 14.5. The molecule has 2 aromatic carbocycles. The Morgan fingerprint density at radius 2 is 1.62 bits per heavy atom.